The Morgan fingerprint density at radius 2 is 1.82 bits per heavy atom. The highest BCUT2D eigenvalue weighted by Crippen LogP contribution is 2.48. The number of rotatable bonds is 2. The van der Waals surface area contributed by atoms with Crippen molar-refractivity contribution < 1.29 is 4.79 Å². The van der Waals surface area contributed by atoms with E-state index < -0.39 is 0 Å². The first-order valence-electron chi connectivity index (χ1n) is 7.20. The van der Waals surface area contributed by atoms with E-state index in [0.29, 0.717) is 5.91 Å². The molecule has 0 bridgehead atoms. The van der Waals surface area contributed by atoms with E-state index in [0.717, 1.165) is 42.7 Å². The SMILES string of the molecule is CC(C)C(=O)N1C[C@H]2C[C@@H](C(C)C)[C@H](C)[C@H]2C1. The zero-order valence-electron chi connectivity index (χ0n) is 11.9. The second-order valence-electron chi connectivity index (χ2n) is 6.82. The van der Waals surface area contributed by atoms with Crippen LogP contribution in [0.5, 0.6) is 0 Å². The Kier molecular flexibility index (Phi) is 3.51. The molecule has 2 aliphatic rings. The van der Waals surface area contributed by atoms with E-state index >= 15 is 0 Å². The van der Waals surface area contributed by atoms with Gasteiger partial charge in [-0.05, 0) is 36.0 Å². The number of likely N-dealkylation sites (tertiary alicyclic amines) is 1. The standard InChI is InChI=1S/C15H27NO/c1-9(2)13-6-12-7-16(15(17)10(3)4)8-14(12)11(13)5/h9-14H,6-8H2,1-5H3/t11-,12+,13-,14+/m0/s1. The van der Waals surface area contributed by atoms with Crippen LogP contribution in [-0.2, 0) is 4.79 Å². The summed E-state index contributed by atoms with van der Waals surface area (Å²) >= 11 is 0. The van der Waals surface area contributed by atoms with E-state index in [-0.39, 0.29) is 5.92 Å². The molecule has 1 heterocycles. The summed E-state index contributed by atoms with van der Waals surface area (Å²) < 4.78 is 0. The molecule has 2 heteroatoms. The number of carbonyl (C=O) groups excluding carboxylic acids is 1. The fourth-order valence-electron chi connectivity index (χ4n) is 4.05. The second kappa shape index (κ2) is 4.62. The molecule has 0 radical (unpaired) electrons. The first kappa shape index (κ1) is 12.9. The highest BCUT2D eigenvalue weighted by atomic mass is 16.2. The van der Waals surface area contributed by atoms with E-state index in [1.807, 2.05) is 13.8 Å². The highest BCUT2D eigenvalue weighted by molar-refractivity contribution is 5.78. The molecular weight excluding hydrogens is 210 g/mol. The van der Waals surface area contributed by atoms with E-state index in [1.54, 1.807) is 0 Å². The summed E-state index contributed by atoms with van der Waals surface area (Å²) in [4.78, 5) is 14.1. The van der Waals surface area contributed by atoms with Gasteiger partial charge in [0.2, 0.25) is 5.91 Å². The molecule has 1 aliphatic heterocycles. The molecule has 2 fully saturated rings. The average molecular weight is 237 g/mol. The summed E-state index contributed by atoms with van der Waals surface area (Å²) in [7, 11) is 0. The van der Waals surface area contributed by atoms with Crippen LogP contribution in [0.2, 0.25) is 0 Å². The number of nitrogens with zero attached hydrogens (tertiary/aromatic N) is 1. The van der Waals surface area contributed by atoms with Crippen LogP contribution in [0, 0.1) is 35.5 Å². The van der Waals surface area contributed by atoms with Gasteiger partial charge >= 0.3 is 0 Å². The van der Waals surface area contributed by atoms with Gasteiger partial charge < -0.3 is 4.90 Å². The van der Waals surface area contributed by atoms with Gasteiger partial charge in [-0.15, -0.1) is 0 Å². The van der Waals surface area contributed by atoms with Gasteiger partial charge in [0.15, 0.2) is 0 Å². The van der Waals surface area contributed by atoms with Gasteiger partial charge in [-0.3, -0.25) is 4.79 Å². The summed E-state index contributed by atoms with van der Waals surface area (Å²) in [5, 5.41) is 0. The second-order valence-corrected chi connectivity index (χ2v) is 6.82. The molecule has 4 atom stereocenters. The third kappa shape index (κ3) is 2.23. The van der Waals surface area contributed by atoms with Gasteiger partial charge in [-0.2, -0.15) is 0 Å². The van der Waals surface area contributed by atoms with Crippen LogP contribution in [0.25, 0.3) is 0 Å². The third-order valence-electron chi connectivity index (χ3n) is 5.08. The van der Waals surface area contributed by atoms with Gasteiger partial charge in [0, 0.05) is 19.0 Å². The van der Waals surface area contributed by atoms with Gasteiger partial charge in [-0.25, -0.2) is 0 Å². The van der Waals surface area contributed by atoms with Crippen molar-refractivity contribution in [2.24, 2.45) is 35.5 Å². The minimum Gasteiger partial charge on any atom is -0.342 e. The summed E-state index contributed by atoms with van der Waals surface area (Å²) in [6, 6.07) is 0. The molecule has 1 saturated carbocycles. The highest BCUT2D eigenvalue weighted by Gasteiger charge is 2.47. The fraction of sp³-hybridized carbons (Fsp3) is 0.933. The molecule has 2 rings (SSSR count). The Hall–Kier alpha value is -0.530. The maximum Gasteiger partial charge on any atom is 0.225 e. The lowest BCUT2D eigenvalue weighted by Crippen LogP contribution is -2.34. The van der Waals surface area contributed by atoms with Crippen LogP contribution in [0.15, 0.2) is 0 Å². The number of amides is 1. The van der Waals surface area contributed by atoms with E-state index in [4.69, 9.17) is 0 Å². The predicted molar refractivity (Wildman–Crippen MR) is 70.5 cm³/mol. The zero-order valence-corrected chi connectivity index (χ0v) is 11.9. The minimum absolute atomic E-state index is 0.157. The largest absolute Gasteiger partial charge is 0.342 e. The van der Waals surface area contributed by atoms with E-state index in [2.05, 4.69) is 25.7 Å². The Balaban J connectivity index is 2.00. The van der Waals surface area contributed by atoms with E-state index in [1.165, 1.54) is 6.42 Å². The lowest BCUT2D eigenvalue weighted by Gasteiger charge is -2.26. The molecule has 17 heavy (non-hydrogen) atoms. The van der Waals surface area contributed by atoms with Gasteiger partial charge in [0.25, 0.3) is 0 Å². The summed E-state index contributed by atoms with van der Waals surface area (Å²) in [5.74, 6) is 4.53. The Bertz CT molecular complexity index is 297. The first-order chi connectivity index (χ1) is 7.91. The molecule has 0 N–H and O–H groups in total. The molecule has 1 amide bonds. The van der Waals surface area contributed by atoms with Crippen LogP contribution in [0.4, 0.5) is 0 Å². The predicted octanol–water partition coefficient (Wildman–Crippen LogP) is 3.03. The summed E-state index contributed by atoms with van der Waals surface area (Å²) in [6.45, 7) is 13.2. The number of hydrogen-bond acceptors (Lipinski definition) is 1. The van der Waals surface area contributed by atoms with Gasteiger partial charge in [0.1, 0.15) is 0 Å². The van der Waals surface area contributed by atoms with Crippen molar-refractivity contribution in [2.45, 2.75) is 41.0 Å². The maximum atomic E-state index is 12.0. The van der Waals surface area contributed by atoms with Crippen molar-refractivity contribution in [1.82, 2.24) is 4.90 Å². The lowest BCUT2D eigenvalue weighted by atomic mass is 9.84. The first-order valence-corrected chi connectivity index (χ1v) is 7.20. The Morgan fingerprint density at radius 1 is 1.18 bits per heavy atom. The molecule has 1 saturated heterocycles. The summed E-state index contributed by atoms with van der Waals surface area (Å²) in [6.07, 6.45) is 1.34. The zero-order chi connectivity index (χ0) is 12.7. The van der Waals surface area contributed by atoms with Gasteiger partial charge in [-0.1, -0.05) is 34.6 Å². The molecule has 1 aliphatic carbocycles. The number of carbonyl (C=O) groups is 1. The molecule has 2 nitrogen and oxygen atoms in total. The maximum absolute atomic E-state index is 12.0. The van der Waals surface area contributed by atoms with Crippen LogP contribution >= 0.6 is 0 Å². The molecule has 0 unspecified atom stereocenters. The molecule has 0 aromatic heterocycles. The number of fused-ring (bicyclic) bond motifs is 1. The minimum atomic E-state index is 0.157. The molecule has 0 aromatic rings. The Labute approximate surface area is 106 Å². The lowest BCUT2D eigenvalue weighted by molar-refractivity contribution is -0.133. The van der Waals surface area contributed by atoms with Gasteiger partial charge in [0.05, 0.1) is 0 Å². The smallest absolute Gasteiger partial charge is 0.225 e. The normalized spacial score (nSPS) is 37.0. The van der Waals surface area contributed by atoms with Crippen LogP contribution in [0.3, 0.4) is 0 Å². The van der Waals surface area contributed by atoms with Crippen molar-refractivity contribution >= 4 is 5.91 Å². The monoisotopic (exact) mass is 237 g/mol. The summed E-state index contributed by atoms with van der Waals surface area (Å²) in [5.41, 5.74) is 0. The molecule has 0 aromatic carbocycles. The van der Waals surface area contributed by atoms with Crippen molar-refractivity contribution in [3.63, 3.8) is 0 Å². The molecule has 0 spiro atoms. The van der Waals surface area contributed by atoms with Crippen molar-refractivity contribution in [3.8, 4) is 0 Å². The van der Waals surface area contributed by atoms with Crippen LogP contribution in [0.1, 0.15) is 41.0 Å². The van der Waals surface area contributed by atoms with Crippen molar-refractivity contribution in [2.75, 3.05) is 13.1 Å². The number of hydrogen-bond donors (Lipinski definition) is 0. The van der Waals surface area contributed by atoms with Crippen molar-refractivity contribution in [3.05, 3.63) is 0 Å². The van der Waals surface area contributed by atoms with Crippen LogP contribution in [-0.4, -0.2) is 23.9 Å². The fourth-order valence-corrected chi connectivity index (χ4v) is 4.05. The Morgan fingerprint density at radius 3 is 2.29 bits per heavy atom. The van der Waals surface area contributed by atoms with Crippen molar-refractivity contribution in [1.29, 1.82) is 0 Å². The molecule has 98 valence electrons. The molecular formula is C15H27NO. The van der Waals surface area contributed by atoms with E-state index in [9.17, 15) is 4.79 Å². The third-order valence-corrected chi connectivity index (χ3v) is 5.08. The quantitative estimate of drug-likeness (QED) is 0.723. The topological polar surface area (TPSA) is 20.3 Å². The average Bonchev–Trinajstić information content (AvgIpc) is 2.77. The van der Waals surface area contributed by atoms with Crippen LogP contribution < -0.4 is 0 Å².